The van der Waals surface area contributed by atoms with Gasteiger partial charge in [0.05, 0.1) is 10.0 Å². The predicted octanol–water partition coefficient (Wildman–Crippen LogP) is 4.97. The van der Waals surface area contributed by atoms with Gasteiger partial charge in [-0.1, -0.05) is 29.3 Å². The monoisotopic (exact) mass is 399 g/mol. The maximum absolute atomic E-state index is 12.8. The van der Waals surface area contributed by atoms with E-state index in [-0.39, 0.29) is 5.91 Å². The number of anilines is 2. The van der Waals surface area contributed by atoms with Crippen molar-refractivity contribution in [1.29, 1.82) is 0 Å². The molecule has 5 nitrogen and oxygen atoms in total. The molecule has 0 spiro atoms. The number of carbonyl (C=O) groups is 1. The number of fused-ring (bicyclic) bond motifs is 1. The second-order valence-electron chi connectivity index (χ2n) is 6.13. The molecule has 4 rings (SSSR count). The number of halogens is 2. The molecule has 2 aromatic carbocycles. The van der Waals surface area contributed by atoms with Crippen LogP contribution in [0, 0.1) is 0 Å². The molecular weight excluding hydrogens is 385 g/mol. The molecule has 0 bridgehead atoms. The van der Waals surface area contributed by atoms with Crippen molar-refractivity contribution in [2.75, 3.05) is 17.2 Å². The third kappa shape index (κ3) is 3.44. The van der Waals surface area contributed by atoms with Gasteiger partial charge in [0.2, 0.25) is 0 Å². The summed E-state index contributed by atoms with van der Waals surface area (Å²) in [7, 11) is 0. The molecule has 0 radical (unpaired) electrons. The molecule has 7 heteroatoms. The SMILES string of the molecule is Nc1cc(Cl)c(Oc2ccc3c(c2)CCN(c2ccccn2)C3=O)c(Cl)c1. The van der Waals surface area contributed by atoms with Crippen LogP contribution in [0.2, 0.25) is 10.0 Å². The van der Waals surface area contributed by atoms with Crippen molar-refractivity contribution in [3.63, 3.8) is 0 Å². The zero-order chi connectivity index (χ0) is 19.0. The number of ether oxygens (including phenoxy) is 1. The number of amides is 1. The second-order valence-corrected chi connectivity index (χ2v) is 6.94. The average Bonchev–Trinajstić information content (AvgIpc) is 2.65. The van der Waals surface area contributed by atoms with Crippen LogP contribution < -0.4 is 15.4 Å². The summed E-state index contributed by atoms with van der Waals surface area (Å²) in [5.41, 5.74) is 7.72. The highest BCUT2D eigenvalue weighted by molar-refractivity contribution is 6.37. The first kappa shape index (κ1) is 17.6. The lowest BCUT2D eigenvalue weighted by Crippen LogP contribution is -2.38. The molecule has 1 aliphatic heterocycles. The van der Waals surface area contributed by atoms with Crippen molar-refractivity contribution < 1.29 is 9.53 Å². The lowest BCUT2D eigenvalue weighted by Gasteiger charge is -2.28. The van der Waals surface area contributed by atoms with Crippen LogP contribution in [-0.4, -0.2) is 17.4 Å². The smallest absolute Gasteiger partial charge is 0.259 e. The van der Waals surface area contributed by atoms with Crippen molar-refractivity contribution in [1.82, 2.24) is 4.98 Å². The van der Waals surface area contributed by atoms with E-state index in [1.165, 1.54) is 0 Å². The van der Waals surface area contributed by atoms with Gasteiger partial charge in [-0.2, -0.15) is 0 Å². The third-order valence-corrected chi connectivity index (χ3v) is 4.88. The third-order valence-electron chi connectivity index (χ3n) is 4.32. The normalized spacial score (nSPS) is 13.4. The second kappa shape index (κ2) is 7.10. The summed E-state index contributed by atoms with van der Waals surface area (Å²) < 4.78 is 5.85. The number of nitrogens with two attached hydrogens (primary N) is 1. The number of nitrogens with zero attached hydrogens (tertiary/aromatic N) is 2. The first-order valence-electron chi connectivity index (χ1n) is 8.31. The Bertz CT molecular complexity index is 1000. The number of carbonyl (C=O) groups excluding carboxylic acids is 1. The molecule has 2 N–H and O–H groups in total. The summed E-state index contributed by atoms with van der Waals surface area (Å²) in [6, 6.07) is 14.0. The van der Waals surface area contributed by atoms with E-state index < -0.39 is 0 Å². The standard InChI is InChI=1S/C20H15Cl2N3O2/c21-16-10-13(23)11-17(22)19(16)27-14-4-5-15-12(9-14)6-8-25(20(15)26)18-3-1-2-7-24-18/h1-5,7,9-11H,6,8,23H2. The molecule has 0 saturated heterocycles. The van der Waals surface area contributed by atoms with Crippen LogP contribution in [0.4, 0.5) is 11.5 Å². The van der Waals surface area contributed by atoms with Crippen molar-refractivity contribution in [3.05, 3.63) is 75.9 Å². The fourth-order valence-electron chi connectivity index (χ4n) is 3.06. The van der Waals surface area contributed by atoms with Crippen LogP contribution in [0.5, 0.6) is 11.5 Å². The quantitative estimate of drug-likeness (QED) is 0.631. The molecular formula is C20H15Cl2N3O2. The van der Waals surface area contributed by atoms with Crippen molar-refractivity contribution in [2.45, 2.75) is 6.42 Å². The maximum Gasteiger partial charge on any atom is 0.259 e. The summed E-state index contributed by atoms with van der Waals surface area (Å²) in [6.07, 6.45) is 2.37. The lowest BCUT2D eigenvalue weighted by molar-refractivity contribution is 0.0980. The number of pyridine rings is 1. The Kier molecular flexibility index (Phi) is 4.64. The van der Waals surface area contributed by atoms with Crippen molar-refractivity contribution >= 4 is 40.6 Å². The number of hydrogen-bond acceptors (Lipinski definition) is 4. The van der Waals surface area contributed by atoms with Gasteiger partial charge in [-0.3, -0.25) is 9.69 Å². The van der Waals surface area contributed by atoms with E-state index in [4.69, 9.17) is 33.7 Å². The summed E-state index contributed by atoms with van der Waals surface area (Å²) >= 11 is 12.4. The molecule has 0 saturated carbocycles. The van der Waals surface area contributed by atoms with E-state index >= 15 is 0 Å². The van der Waals surface area contributed by atoms with E-state index in [0.717, 1.165) is 5.56 Å². The highest BCUT2D eigenvalue weighted by atomic mass is 35.5. The van der Waals surface area contributed by atoms with Crippen molar-refractivity contribution in [3.8, 4) is 11.5 Å². The Morgan fingerprint density at radius 3 is 2.56 bits per heavy atom. The largest absolute Gasteiger partial charge is 0.454 e. The van der Waals surface area contributed by atoms with E-state index in [1.54, 1.807) is 35.4 Å². The van der Waals surface area contributed by atoms with Gasteiger partial charge in [-0.25, -0.2) is 4.98 Å². The molecule has 2 heterocycles. The number of hydrogen-bond donors (Lipinski definition) is 1. The van der Waals surface area contributed by atoms with Crippen LogP contribution in [-0.2, 0) is 6.42 Å². The van der Waals surface area contributed by atoms with E-state index in [0.29, 0.717) is 51.6 Å². The minimum atomic E-state index is -0.0787. The van der Waals surface area contributed by atoms with Crippen molar-refractivity contribution in [2.24, 2.45) is 0 Å². The van der Waals surface area contributed by atoms with E-state index in [9.17, 15) is 4.79 Å². The fraction of sp³-hybridized carbons (Fsp3) is 0.100. The summed E-state index contributed by atoms with van der Waals surface area (Å²) in [4.78, 5) is 18.8. The van der Waals surface area contributed by atoms with Gasteiger partial charge in [0.1, 0.15) is 11.6 Å². The Labute approximate surface area is 166 Å². The zero-order valence-electron chi connectivity index (χ0n) is 14.2. The minimum absolute atomic E-state index is 0.0787. The minimum Gasteiger partial charge on any atom is -0.454 e. The number of aromatic nitrogens is 1. The zero-order valence-corrected chi connectivity index (χ0v) is 15.7. The Balaban J connectivity index is 1.62. The van der Waals surface area contributed by atoms with E-state index in [2.05, 4.69) is 4.98 Å². The van der Waals surface area contributed by atoms with Gasteiger partial charge in [-0.15, -0.1) is 0 Å². The Morgan fingerprint density at radius 2 is 1.85 bits per heavy atom. The highest BCUT2D eigenvalue weighted by Crippen LogP contribution is 2.39. The van der Waals surface area contributed by atoms with E-state index in [1.807, 2.05) is 24.3 Å². The number of rotatable bonds is 3. The molecule has 1 amide bonds. The number of nitrogen functional groups attached to an aromatic ring is 1. The molecule has 0 fully saturated rings. The van der Waals surface area contributed by atoms with Crippen LogP contribution in [0.25, 0.3) is 0 Å². The topological polar surface area (TPSA) is 68.5 Å². The average molecular weight is 400 g/mol. The first-order valence-corrected chi connectivity index (χ1v) is 9.07. The maximum atomic E-state index is 12.8. The van der Waals surface area contributed by atoms with Gasteiger partial charge in [0, 0.05) is 24.0 Å². The van der Waals surface area contributed by atoms with Crippen LogP contribution in [0.1, 0.15) is 15.9 Å². The van der Waals surface area contributed by atoms with Gasteiger partial charge < -0.3 is 10.5 Å². The summed E-state index contributed by atoms with van der Waals surface area (Å²) in [5.74, 6) is 1.46. The molecule has 0 atom stereocenters. The molecule has 0 aliphatic carbocycles. The summed E-state index contributed by atoms with van der Waals surface area (Å²) in [5, 5.41) is 0.658. The molecule has 136 valence electrons. The summed E-state index contributed by atoms with van der Waals surface area (Å²) in [6.45, 7) is 0.551. The Morgan fingerprint density at radius 1 is 1.07 bits per heavy atom. The first-order chi connectivity index (χ1) is 13.0. The number of benzene rings is 2. The predicted molar refractivity (Wildman–Crippen MR) is 107 cm³/mol. The molecule has 3 aromatic rings. The fourth-order valence-corrected chi connectivity index (χ4v) is 3.64. The van der Waals surface area contributed by atoms with Gasteiger partial charge in [0.15, 0.2) is 5.75 Å². The molecule has 1 aromatic heterocycles. The van der Waals surface area contributed by atoms with Crippen LogP contribution in [0.15, 0.2) is 54.7 Å². The molecule has 1 aliphatic rings. The Hall–Kier alpha value is -2.76. The van der Waals surface area contributed by atoms with Gasteiger partial charge in [0.25, 0.3) is 5.91 Å². The lowest BCUT2D eigenvalue weighted by atomic mass is 9.98. The highest BCUT2D eigenvalue weighted by Gasteiger charge is 2.26. The van der Waals surface area contributed by atoms with Crippen LogP contribution >= 0.6 is 23.2 Å². The van der Waals surface area contributed by atoms with Gasteiger partial charge >= 0.3 is 0 Å². The van der Waals surface area contributed by atoms with Crippen LogP contribution in [0.3, 0.4) is 0 Å². The molecule has 0 unspecified atom stereocenters. The molecule has 27 heavy (non-hydrogen) atoms. The van der Waals surface area contributed by atoms with Gasteiger partial charge in [-0.05, 0) is 54.4 Å².